The van der Waals surface area contributed by atoms with Crippen LogP contribution in [0.2, 0.25) is 0 Å². The van der Waals surface area contributed by atoms with Crippen molar-refractivity contribution in [1.82, 2.24) is 4.98 Å². The van der Waals surface area contributed by atoms with E-state index in [1.54, 1.807) is 0 Å². The Balaban J connectivity index is 2.00. The smallest absolute Gasteiger partial charge is 0.337 e. The lowest BCUT2D eigenvalue weighted by molar-refractivity contribution is 0.0696. The third-order valence-corrected chi connectivity index (χ3v) is 6.01. The van der Waals surface area contributed by atoms with E-state index in [4.69, 9.17) is 4.74 Å². The average molecular weight is 442 g/mol. The van der Waals surface area contributed by atoms with Crippen molar-refractivity contribution >= 4 is 27.5 Å². The van der Waals surface area contributed by atoms with E-state index in [1.807, 2.05) is 42.2 Å². The van der Waals surface area contributed by atoms with Gasteiger partial charge in [0.15, 0.2) is 5.82 Å². The maximum atomic E-state index is 13.0. The molecule has 9 heteroatoms. The Hall–Kier alpha value is -3.59. The molecule has 2 N–H and O–H groups in total. The Morgan fingerprint density at radius 3 is 2.39 bits per heavy atom. The van der Waals surface area contributed by atoms with E-state index in [1.165, 1.54) is 43.6 Å². The summed E-state index contributed by atoms with van der Waals surface area (Å²) in [5.74, 6) is -0.335. The molecule has 8 nitrogen and oxygen atoms in total. The molecule has 0 radical (unpaired) electrons. The lowest BCUT2D eigenvalue weighted by atomic mass is 10.2. The Labute approximate surface area is 181 Å². The summed E-state index contributed by atoms with van der Waals surface area (Å²) in [6.07, 6.45) is 1.22. The predicted molar refractivity (Wildman–Crippen MR) is 118 cm³/mol. The highest BCUT2D eigenvalue weighted by molar-refractivity contribution is 7.92. The van der Waals surface area contributed by atoms with E-state index in [-0.39, 0.29) is 16.1 Å². The number of hydrogen-bond donors (Lipinski definition) is 2. The van der Waals surface area contributed by atoms with Gasteiger partial charge in [0.25, 0.3) is 10.0 Å². The molecular weight excluding hydrogens is 418 g/mol. The minimum atomic E-state index is -3.98. The van der Waals surface area contributed by atoms with Crippen LogP contribution in [0.15, 0.2) is 71.8 Å². The number of carbonyl (C=O) groups is 1. The van der Waals surface area contributed by atoms with Crippen LogP contribution in [0.3, 0.4) is 0 Å². The topological polar surface area (TPSA) is 109 Å². The first-order valence-electron chi connectivity index (χ1n) is 9.53. The fraction of sp³-hybridized carbons (Fsp3) is 0.182. The van der Waals surface area contributed by atoms with Crippen molar-refractivity contribution < 1.29 is 23.1 Å². The summed E-state index contributed by atoms with van der Waals surface area (Å²) in [6.45, 7) is 2.93. The number of nitrogens with one attached hydrogen (secondary N) is 1. The van der Waals surface area contributed by atoms with E-state index >= 15 is 0 Å². The van der Waals surface area contributed by atoms with Gasteiger partial charge in [-0.15, -0.1) is 0 Å². The van der Waals surface area contributed by atoms with Gasteiger partial charge >= 0.3 is 5.97 Å². The minimum absolute atomic E-state index is 0.0195. The van der Waals surface area contributed by atoms with Crippen LogP contribution in [0.25, 0.3) is 0 Å². The number of sulfonamides is 1. The number of anilines is 2. The number of pyridine rings is 1. The Morgan fingerprint density at radius 1 is 1.13 bits per heavy atom. The highest BCUT2D eigenvalue weighted by atomic mass is 32.2. The molecule has 0 aliphatic carbocycles. The van der Waals surface area contributed by atoms with Gasteiger partial charge in [-0.2, -0.15) is 0 Å². The fourth-order valence-electron chi connectivity index (χ4n) is 3.00. The van der Waals surface area contributed by atoms with E-state index < -0.39 is 16.0 Å². The summed E-state index contributed by atoms with van der Waals surface area (Å²) in [5.41, 5.74) is 0.984. The summed E-state index contributed by atoms with van der Waals surface area (Å²) >= 11 is 0. The third-order valence-electron chi connectivity index (χ3n) is 4.63. The molecule has 0 unspecified atom stereocenters. The molecule has 0 saturated carbocycles. The highest BCUT2D eigenvalue weighted by Crippen LogP contribution is 2.29. The predicted octanol–water partition coefficient (Wildman–Crippen LogP) is 3.62. The Bertz CT molecular complexity index is 1150. The second kappa shape index (κ2) is 9.48. The summed E-state index contributed by atoms with van der Waals surface area (Å²) in [7, 11) is -2.49. The van der Waals surface area contributed by atoms with Gasteiger partial charge in [-0.25, -0.2) is 18.2 Å². The van der Waals surface area contributed by atoms with Crippen molar-refractivity contribution in [3.8, 4) is 5.75 Å². The molecule has 0 aliphatic heterocycles. The van der Waals surface area contributed by atoms with Gasteiger partial charge in [-0.1, -0.05) is 30.3 Å². The molecule has 0 saturated heterocycles. The van der Waals surface area contributed by atoms with Crippen molar-refractivity contribution in [3.63, 3.8) is 0 Å². The number of carboxylic acid groups (broad SMARTS) is 1. The van der Waals surface area contributed by atoms with E-state index in [0.29, 0.717) is 24.7 Å². The molecule has 3 aromatic rings. The monoisotopic (exact) mass is 441 g/mol. The molecule has 162 valence electrons. The van der Waals surface area contributed by atoms with Gasteiger partial charge in [0.05, 0.1) is 23.3 Å². The second-order valence-corrected chi connectivity index (χ2v) is 8.36. The number of benzene rings is 2. The number of hydrogen-bond acceptors (Lipinski definition) is 6. The molecule has 1 heterocycles. The molecule has 0 spiro atoms. The zero-order valence-electron chi connectivity index (χ0n) is 17.1. The first kappa shape index (κ1) is 22.1. The van der Waals surface area contributed by atoms with Crippen LogP contribution in [-0.2, 0) is 16.6 Å². The molecular formula is C22H23N3O5S. The number of carboxylic acids is 1. The first-order chi connectivity index (χ1) is 14.8. The van der Waals surface area contributed by atoms with Crippen LogP contribution in [0.1, 0.15) is 22.8 Å². The molecule has 1 aromatic heterocycles. The van der Waals surface area contributed by atoms with Crippen LogP contribution in [-0.4, -0.2) is 38.1 Å². The van der Waals surface area contributed by atoms with Crippen LogP contribution < -0.4 is 14.4 Å². The van der Waals surface area contributed by atoms with Crippen molar-refractivity contribution in [2.24, 2.45) is 0 Å². The number of rotatable bonds is 9. The zero-order chi connectivity index (χ0) is 22.4. The summed E-state index contributed by atoms with van der Waals surface area (Å²) < 4.78 is 33.5. The first-order valence-corrected chi connectivity index (χ1v) is 11.0. The van der Waals surface area contributed by atoms with Gasteiger partial charge in [0.1, 0.15) is 5.75 Å². The molecule has 0 fully saturated rings. The third kappa shape index (κ3) is 5.32. The van der Waals surface area contributed by atoms with E-state index in [2.05, 4.69) is 9.71 Å². The lowest BCUT2D eigenvalue weighted by Gasteiger charge is -2.25. The van der Waals surface area contributed by atoms with Crippen molar-refractivity contribution in [3.05, 3.63) is 78.0 Å². The quantitative estimate of drug-likeness (QED) is 0.522. The number of ether oxygens (including phenoxy) is 1. The largest absolute Gasteiger partial charge is 0.497 e. The van der Waals surface area contributed by atoms with E-state index in [9.17, 15) is 18.3 Å². The molecule has 31 heavy (non-hydrogen) atoms. The van der Waals surface area contributed by atoms with Crippen LogP contribution in [0.4, 0.5) is 11.5 Å². The summed E-state index contributed by atoms with van der Waals surface area (Å²) in [4.78, 5) is 17.6. The summed E-state index contributed by atoms with van der Waals surface area (Å²) in [5, 5.41) is 9.36. The molecule has 0 bridgehead atoms. The Morgan fingerprint density at radius 2 is 1.81 bits per heavy atom. The average Bonchev–Trinajstić information content (AvgIpc) is 2.78. The molecule has 3 rings (SSSR count). The number of aromatic nitrogens is 1. The van der Waals surface area contributed by atoms with Crippen LogP contribution in [0.5, 0.6) is 5.75 Å². The minimum Gasteiger partial charge on any atom is -0.497 e. The molecule has 0 amide bonds. The number of nitrogens with zero attached hydrogens (tertiary/aromatic N) is 2. The standard InChI is InChI=1S/C22H23N3O5S/c1-3-25(15-16-7-5-4-6-8-16)21-20(13-17(14-23-21)22(26)27)24-31(28,29)19-11-9-18(30-2)10-12-19/h4-14,24H,3,15H2,1-2H3,(H,26,27). The lowest BCUT2D eigenvalue weighted by Crippen LogP contribution is -2.25. The summed E-state index contributed by atoms with van der Waals surface area (Å²) in [6, 6.07) is 16.8. The second-order valence-electron chi connectivity index (χ2n) is 6.68. The van der Waals surface area contributed by atoms with E-state index in [0.717, 1.165) is 5.56 Å². The molecule has 2 aromatic carbocycles. The highest BCUT2D eigenvalue weighted by Gasteiger charge is 2.21. The Kier molecular flexibility index (Phi) is 6.76. The van der Waals surface area contributed by atoms with Crippen molar-refractivity contribution in [2.75, 3.05) is 23.3 Å². The number of aromatic carboxylic acids is 1. The van der Waals surface area contributed by atoms with Gasteiger partial charge < -0.3 is 14.7 Å². The van der Waals surface area contributed by atoms with Crippen molar-refractivity contribution in [1.29, 1.82) is 0 Å². The number of methoxy groups -OCH3 is 1. The normalized spacial score (nSPS) is 11.0. The fourth-order valence-corrected chi connectivity index (χ4v) is 4.05. The molecule has 0 atom stereocenters. The van der Waals surface area contributed by atoms with Gasteiger partial charge in [0.2, 0.25) is 0 Å². The van der Waals surface area contributed by atoms with Crippen LogP contribution >= 0.6 is 0 Å². The van der Waals surface area contributed by atoms with Gasteiger partial charge in [-0.3, -0.25) is 4.72 Å². The van der Waals surface area contributed by atoms with Gasteiger partial charge in [-0.05, 0) is 42.8 Å². The maximum absolute atomic E-state index is 13.0. The van der Waals surface area contributed by atoms with Gasteiger partial charge in [0, 0.05) is 19.3 Å². The van der Waals surface area contributed by atoms with Crippen LogP contribution in [0, 0.1) is 0 Å². The molecule has 0 aliphatic rings. The van der Waals surface area contributed by atoms with Crippen molar-refractivity contribution in [2.45, 2.75) is 18.4 Å². The maximum Gasteiger partial charge on any atom is 0.337 e. The zero-order valence-corrected chi connectivity index (χ0v) is 18.0. The SMILES string of the molecule is CCN(Cc1ccccc1)c1ncc(C(=O)O)cc1NS(=O)(=O)c1ccc(OC)cc1.